The highest BCUT2D eigenvalue weighted by atomic mass is 16.3. The molecule has 2 aliphatic heterocycles. The van der Waals surface area contributed by atoms with Crippen LogP contribution < -0.4 is 5.69 Å². The molecular weight excluding hydrogens is 184 g/mol. The molecule has 1 aromatic rings. The van der Waals surface area contributed by atoms with Crippen LogP contribution in [0.1, 0.15) is 5.69 Å². The van der Waals surface area contributed by atoms with E-state index in [0.717, 1.165) is 5.71 Å². The van der Waals surface area contributed by atoms with Crippen LogP contribution in [0.15, 0.2) is 20.5 Å². The molecule has 1 aromatic heterocycles. The normalized spacial score (nSPS) is 17.4. The lowest BCUT2D eigenvalue weighted by Crippen LogP contribution is -2.25. The van der Waals surface area contributed by atoms with Gasteiger partial charge in [-0.05, 0) is 6.08 Å². The number of hydrogen-bond acceptors (Lipinski definition) is 4. The SMILES string of the molecule is O=c1[nH]c(O)c2n1CC1=NC=NC1=C2. The summed E-state index contributed by atoms with van der Waals surface area (Å²) in [4.78, 5) is 21.6. The number of fused-ring (bicyclic) bond motifs is 2. The van der Waals surface area contributed by atoms with Crippen molar-refractivity contribution in [3.63, 3.8) is 0 Å². The Hall–Kier alpha value is -2.11. The molecule has 0 saturated carbocycles. The number of aromatic amines is 1. The van der Waals surface area contributed by atoms with E-state index >= 15 is 0 Å². The van der Waals surface area contributed by atoms with Crippen LogP contribution in [0.3, 0.4) is 0 Å². The van der Waals surface area contributed by atoms with E-state index < -0.39 is 0 Å². The highest BCUT2D eigenvalue weighted by Gasteiger charge is 2.22. The van der Waals surface area contributed by atoms with E-state index in [1.807, 2.05) is 0 Å². The molecule has 0 unspecified atom stereocenters. The van der Waals surface area contributed by atoms with Crippen LogP contribution in [-0.4, -0.2) is 26.7 Å². The maximum atomic E-state index is 11.3. The van der Waals surface area contributed by atoms with Crippen molar-refractivity contribution in [2.24, 2.45) is 9.98 Å². The van der Waals surface area contributed by atoms with Crippen LogP contribution in [0.4, 0.5) is 0 Å². The molecular formula is C8H6N4O2. The Morgan fingerprint density at radius 2 is 2.43 bits per heavy atom. The first-order valence-corrected chi connectivity index (χ1v) is 4.09. The van der Waals surface area contributed by atoms with Crippen LogP contribution >= 0.6 is 0 Å². The minimum Gasteiger partial charge on any atom is -0.493 e. The second kappa shape index (κ2) is 2.22. The van der Waals surface area contributed by atoms with Gasteiger partial charge in [0.25, 0.3) is 0 Å². The van der Waals surface area contributed by atoms with Crippen LogP contribution in [0.5, 0.6) is 5.88 Å². The number of aliphatic imine (C=N–C) groups is 2. The van der Waals surface area contributed by atoms with Gasteiger partial charge in [-0.25, -0.2) is 14.8 Å². The molecule has 6 heteroatoms. The Morgan fingerprint density at radius 1 is 1.57 bits per heavy atom. The lowest BCUT2D eigenvalue weighted by Gasteiger charge is -2.10. The summed E-state index contributed by atoms with van der Waals surface area (Å²) in [5, 5.41) is 9.38. The van der Waals surface area contributed by atoms with Crippen molar-refractivity contribution in [3.8, 4) is 5.88 Å². The first-order chi connectivity index (χ1) is 6.75. The smallest absolute Gasteiger partial charge is 0.329 e. The van der Waals surface area contributed by atoms with E-state index in [9.17, 15) is 9.90 Å². The Kier molecular flexibility index (Phi) is 1.16. The number of H-pyrrole nitrogens is 1. The zero-order chi connectivity index (χ0) is 9.71. The molecule has 0 aliphatic carbocycles. The molecule has 0 atom stereocenters. The van der Waals surface area contributed by atoms with Gasteiger partial charge in [0.1, 0.15) is 12.0 Å². The van der Waals surface area contributed by atoms with Crippen molar-refractivity contribution in [2.45, 2.75) is 6.54 Å². The number of imidazole rings is 1. The van der Waals surface area contributed by atoms with Crippen molar-refractivity contribution in [1.82, 2.24) is 9.55 Å². The molecule has 0 radical (unpaired) electrons. The monoisotopic (exact) mass is 190 g/mol. The first-order valence-electron chi connectivity index (χ1n) is 4.09. The van der Waals surface area contributed by atoms with E-state index in [2.05, 4.69) is 15.0 Å². The average Bonchev–Trinajstić information content (AvgIpc) is 2.70. The zero-order valence-electron chi connectivity index (χ0n) is 7.06. The third-order valence-electron chi connectivity index (χ3n) is 2.29. The van der Waals surface area contributed by atoms with Crippen molar-refractivity contribution >= 4 is 18.1 Å². The zero-order valence-corrected chi connectivity index (χ0v) is 7.06. The maximum Gasteiger partial charge on any atom is 0.329 e. The van der Waals surface area contributed by atoms with Gasteiger partial charge in [0, 0.05) is 0 Å². The third-order valence-corrected chi connectivity index (χ3v) is 2.29. The topological polar surface area (TPSA) is 82.7 Å². The summed E-state index contributed by atoms with van der Waals surface area (Å²) in [5.41, 5.74) is 1.59. The summed E-state index contributed by atoms with van der Waals surface area (Å²) in [7, 11) is 0. The standard InChI is InChI=1S/C8H6N4O2/c13-7-6-1-4-5(10-3-9-4)2-12(6)8(14)11-7/h1,3,13H,2H2,(H,11,14). The van der Waals surface area contributed by atoms with Gasteiger partial charge in [0.15, 0.2) is 0 Å². The number of nitrogens with one attached hydrogen (secondary N) is 1. The summed E-state index contributed by atoms with van der Waals surface area (Å²) >= 11 is 0. The minimum absolute atomic E-state index is 0.122. The van der Waals surface area contributed by atoms with Gasteiger partial charge in [0.05, 0.1) is 18.0 Å². The Bertz CT molecular complexity index is 558. The molecule has 6 nitrogen and oxygen atoms in total. The van der Waals surface area contributed by atoms with Gasteiger partial charge in [-0.15, -0.1) is 0 Å². The Balaban J connectivity index is 2.31. The van der Waals surface area contributed by atoms with Crippen LogP contribution in [0.25, 0.3) is 6.08 Å². The summed E-state index contributed by atoms with van der Waals surface area (Å²) < 4.78 is 1.42. The van der Waals surface area contributed by atoms with E-state index in [-0.39, 0.29) is 11.6 Å². The quantitative estimate of drug-likeness (QED) is 0.589. The average molecular weight is 190 g/mol. The molecule has 0 spiro atoms. The van der Waals surface area contributed by atoms with E-state index in [1.54, 1.807) is 6.08 Å². The van der Waals surface area contributed by atoms with Crippen molar-refractivity contribution in [2.75, 3.05) is 0 Å². The maximum absolute atomic E-state index is 11.3. The summed E-state index contributed by atoms with van der Waals surface area (Å²) in [6, 6.07) is 0. The third kappa shape index (κ3) is 0.769. The number of nitrogens with zero attached hydrogens (tertiary/aromatic N) is 3. The first kappa shape index (κ1) is 7.31. The molecule has 14 heavy (non-hydrogen) atoms. The molecule has 2 N–H and O–H groups in total. The fraction of sp³-hybridized carbons (Fsp3) is 0.125. The summed E-state index contributed by atoms with van der Waals surface area (Å²) in [6.07, 6.45) is 3.08. The van der Waals surface area contributed by atoms with Gasteiger partial charge in [-0.2, -0.15) is 0 Å². The van der Waals surface area contributed by atoms with Gasteiger partial charge in [-0.1, -0.05) is 0 Å². The van der Waals surface area contributed by atoms with E-state index in [1.165, 1.54) is 10.9 Å². The highest BCUT2D eigenvalue weighted by Crippen LogP contribution is 2.23. The molecule has 0 aromatic carbocycles. The predicted molar refractivity (Wildman–Crippen MR) is 50.6 cm³/mol. The largest absolute Gasteiger partial charge is 0.493 e. The fourth-order valence-electron chi connectivity index (χ4n) is 1.60. The number of allylic oxidation sites excluding steroid dienone is 1. The van der Waals surface area contributed by atoms with Gasteiger partial charge >= 0.3 is 5.69 Å². The summed E-state index contributed by atoms with van der Waals surface area (Å²) in [5.74, 6) is -0.122. The number of rotatable bonds is 0. The molecule has 0 bridgehead atoms. The number of hydrogen-bond donors (Lipinski definition) is 2. The van der Waals surface area contributed by atoms with Crippen LogP contribution in [-0.2, 0) is 6.54 Å². The highest BCUT2D eigenvalue weighted by molar-refractivity contribution is 6.11. The predicted octanol–water partition coefficient (Wildman–Crippen LogP) is -0.281. The Morgan fingerprint density at radius 3 is 3.29 bits per heavy atom. The van der Waals surface area contributed by atoms with Crippen LogP contribution in [0.2, 0.25) is 0 Å². The molecule has 3 heterocycles. The molecule has 70 valence electrons. The van der Waals surface area contributed by atoms with E-state index in [0.29, 0.717) is 17.9 Å². The fourth-order valence-corrected chi connectivity index (χ4v) is 1.60. The molecule has 0 saturated heterocycles. The minimum atomic E-state index is -0.331. The van der Waals surface area contributed by atoms with Gasteiger partial charge < -0.3 is 5.11 Å². The van der Waals surface area contributed by atoms with Crippen molar-refractivity contribution in [3.05, 3.63) is 21.9 Å². The lowest BCUT2D eigenvalue weighted by atomic mass is 10.2. The summed E-state index contributed by atoms with van der Waals surface area (Å²) in [6.45, 7) is 0.358. The second-order valence-electron chi connectivity index (χ2n) is 3.10. The molecule has 0 amide bonds. The van der Waals surface area contributed by atoms with Gasteiger partial charge in [0.2, 0.25) is 5.88 Å². The number of aromatic hydroxyl groups is 1. The van der Waals surface area contributed by atoms with Crippen molar-refractivity contribution < 1.29 is 5.11 Å². The Labute approximate surface area is 77.9 Å². The lowest BCUT2D eigenvalue weighted by molar-refractivity contribution is 0.453. The van der Waals surface area contributed by atoms with Crippen molar-refractivity contribution in [1.29, 1.82) is 0 Å². The van der Waals surface area contributed by atoms with Crippen LogP contribution in [0, 0.1) is 0 Å². The molecule has 3 rings (SSSR count). The molecule has 2 aliphatic rings. The van der Waals surface area contributed by atoms with E-state index in [4.69, 9.17) is 0 Å². The second-order valence-corrected chi connectivity index (χ2v) is 3.10. The molecule has 0 fully saturated rings. The number of aromatic nitrogens is 2. The van der Waals surface area contributed by atoms with Gasteiger partial charge in [-0.3, -0.25) is 9.55 Å².